The molecule has 0 saturated carbocycles. The minimum atomic E-state index is 0.0906. The van der Waals surface area contributed by atoms with Gasteiger partial charge in [-0.05, 0) is 31.4 Å². The summed E-state index contributed by atoms with van der Waals surface area (Å²) in [7, 11) is 0. The van der Waals surface area contributed by atoms with Crippen molar-refractivity contribution in [1.29, 1.82) is 0 Å². The van der Waals surface area contributed by atoms with Crippen LogP contribution in [0, 0.1) is 0 Å². The van der Waals surface area contributed by atoms with Gasteiger partial charge in [0.2, 0.25) is 5.91 Å². The van der Waals surface area contributed by atoms with Crippen molar-refractivity contribution in [3.63, 3.8) is 0 Å². The Kier molecular flexibility index (Phi) is 19.4. The van der Waals surface area contributed by atoms with Gasteiger partial charge in [0, 0.05) is 24.8 Å². The normalized spacial score (nSPS) is 12.3. The summed E-state index contributed by atoms with van der Waals surface area (Å²) in [5.74, 6) is 0.958. The second kappa shape index (κ2) is 19.4. The van der Waals surface area contributed by atoms with Gasteiger partial charge in [0.05, 0.1) is 33.0 Å². The number of carbonyl (C=O) groups excluding carboxylic acids is 1. The Balaban J connectivity index is 3.20. The largest absolute Gasteiger partial charge is 0.379 e. The monoisotopic (exact) mass is 381 g/mol. The second-order valence-corrected chi connectivity index (χ2v) is 6.78. The number of thiol groups is 2. The number of unbranched alkanes of at least 4 members (excludes halogenated alkanes) is 1. The molecule has 1 N–H and O–H groups in total. The molecule has 0 aliphatic rings. The maximum Gasteiger partial charge on any atom is 0.220 e. The molecular weight excluding hydrogens is 346 g/mol. The minimum Gasteiger partial charge on any atom is -0.379 e. The van der Waals surface area contributed by atoms with Crippen LogP contribution in [0.25, 0.3) is 0 Å². The number of amides is 1. The molecule has 0 rings (SSSR count). The molecule has 5 nitrogen and oxygen atoms in total. The van der Waals surface area contributed by atoms with E-state index in [0.717, 1.165) is 44.5 Å². The highest BCUT2D eigenvalue weighted by molar-refractivity contribution is 7.81. The summed E-state index contributed by atoms with van der Waals surface area (Å²) in [6.07, 6.45) is 5.60. The summed E-state index contributed by atoms with van der Waals surface area (Å²) >= 11 is 8.67. The predicted octanol–water partition coefficient (Wildman–Crippen LogP) is 2.74. The first-order valence-corrected chi connectivity index (χ1v) is 10.1. The third kappa shape index (κ3) is 18.4. The van der Waals surface area contributed by atoms with Crippen molar-refractivity contribution in [3.8, 4) is 0 Å². The summed E-state index contributed by atoms with van der Waals surface area (Å²) < 4.78 is 16.1. The topological polar surface area (TPSA) is 56.8 Å². The predicted molar refractivity (Wildman–Crippen MR) is 105 cm³/mol. The smallest absolute Gasteiger partial charge is 0.220 e. The zero-order valence-corrected chi connectivity index (χ0v) is 16.8. The van der Waals surface area contributed by atoms with Gasteiger partial charge in [-0.15, -0.1) is 0 Å². The molecule has 0 aromatic rings. The molecule has 0 aromatic heterocycles. The van der Waals surface area contributed by atoms with E-state index in [1.165, 1.54) is 0 Å². The van der Waals surface area contributed by atoms with Crippen LogP contribution in [0.2, 0.25) is 0 Å². The highest BCUT2D eigenvalue weighted by Gasteiger charge is 2.04. The average Bonchev–Trinajstić information content (AvgIpc) is 2.57. The summed E-state index contributed by atoms with van der Waals surface area (Å²) in [6.45, 7) is 6.25. The van der Waals surface area contributed by atoms with Crippen molar-refractivity contribution in [3.05, 3.63) is 0 Å². The molecule has 0 aliphatic carbocycles. The SMILES string of the molecule is CCCOCCOCCOCCNC(=O)CCCCC(S)CCS. The Hall–Kier alpha value is 0.0500. The van der Waals surface area contributed by atoms with Crippen molar-refractivity contribution < 1.29 is 19.0 Å². The van der Waals surface area contributed by atoms with Crippen LogP contribution in [0.1, 0.15) is 45.4 Å². The molecular formula is C17H35NO4S2. The summed E-state index contributed by atoms with van der Waals surface area (Å²) in [5.41, 5.74) is 0. The Morgan fingerprint density at radius 2 is 1.58 bits per heavy atom. The molecule has 24 heavy (non-hydrogen) atoms. The molecule has 0 bridgehead atoms. The minimum absolute atomic E-state index is 0.0906. The highest BCUT2D eigenvalue weighted by Crippen LogP contribution is 2.12. The number of hydrogen-bond acceptors (Lipinski definition) is 6. The van der Waals surface area contributed by atoms with Gasteiger partial charge in [0.25, 0.3) is 0 Å². The van der Waals surface area contributed by atoms with Crippen molar-refractivity contribution >= 4 is 31.2 Å². The molecule has 0 heterocycles. The first kappa shape index (κ1) is 24.1. The molecule has 1 amide bonds. The van der Waals surface area contributed by atoms with Crippen LogP contribution in [-0.2, 0) is 19.0 Å². The maximum absolute atomic E-state index is 11.6. The Labute approximate surface area is 158 Å². The van der Waals surface area contributed by atoms with E-state index in [9.17, 15) is 4.79 Å². The summed E-state index contributed by atoms with van der Waals surface area (Å²) in [6, 6.07) is 0. The van der Waals surface area contributed by atoms with Crippen LogP contribution in [-0.4, -0.2) is 63.1 Å². The van der Waals surface area contributed by atoms with E-state index < -0.39 is 0 Å². The van der Waals surface area contributed by atoms with Crippen molar-refractivity contribution in [2.75, 3.05) is 51.9 Å². The van der Waals surface area contributed by atoms with Crippen molar-refractivity contribution in [1.82, 2.24) is 5.32 Å². The zero-order chi connectivity index (χ0) is 17.9. The van der Waals surface area contributed by atoms with E-state index in [-0.39, 0.29) is 5.91 Å². The molecule has 0 aliphatic heterocycles. The lowest BCUT2D eigenvalue weighted by molar-refractivity contribution is -0.121. The zero-order valence-electron chi connectivity index (χ0n) is 15.0. The first-order valence-electron chi connectivity index (χ1n) is 8.99. The lowest BCUT2D eigenvalue weighted by atomic mass is 10.1. The second-order valence-electron chi connectivity index (χ2n) is 5.60. The molecule has 0 fully saturated rings. The van der Waals surface area contributed by atoms with E-state index in [1.807, 2.05) is 0 Å². The van der Waals surface area contributed by atoms with Crippen molar-refractivity contribution in [2.45, 2.75) is 50.7 Å². The van der Waals surface area contributed by atoms with Crippen molar-refractivity contribution in [2.24, 2.45) is 0 Å². The van der Waals surface area contributed by atoms with Gasteiger partial charge in [-0.25, -0.2) is 0 Å². The van der Waals surface area contributed by atoms with E-state index in [1.54, 1.807) is 0 Å². The van der Waals surface area contributed by atoms with Gasteiger partial charge in [0.1, 0.15) is 0 Å². The van der Waals surface area contributed by atoms with Crippen LogP contribution in [0.4, 0.5) is 0 Å². The summed E-state index contributed by atoms with van der Waals surface area (Å²) in [5, 5.41) is 3.27. The standard InChI is InChI=1S/C17H35NO4S2/c1-2-9-20-11-13-22-14-12-21-10-8-18-17(19)6-4-3-5-16(24)7-15-23/h16,23-24H,2-15H2,1H3,(H,18,19). The average molecular weight is 382 g/mol. The molecule has 0 radical (unpaired) electrons. The Bertz CT molecular complexity index is 283. The molecule has 1 unspecified atom stereocenters. The van der Waals surface area contributed by atoms with Gasteiger partial charge < -0.3 is 19.5 Å². The van der Waals surface area contributed by atoms with Crippen LogP contribution in [0.15, 0.2) is 0 Å². The maximum atomic E-state index is 11.6. The van der Waals surface area contributed by atoms with Crippen LogP contribution in [0.5, 0.6) is 0 Å². The number of hydrogen-bond donors (Lipinski definition) is 3. The fourth-order valence-electron chi connectivity index (χ4n) is 2.00. The number of carbonyl (C=O) groups is 1. The van der Waals surface area contributed by atoms with E-state index >= 15 is 0 Å². The lowest BCUT2D eigenvalue weighted by Gasteiger charge is -2.09. The Morgan fingerprint density at radius 1 is 0.958 bits per heavy atom. The van der Waals surface area contributed by atoms with Gasteiger partial charge >= 0.3 is 0 Å². The van der Waals surface area contributed by atoms with E-state index in [4.69, 9.17) is 14.2 Å². The number of ether oxygens (including phenoxy) is 3. The molecule has 144 valence electrons. The summed E-state index contributed by atoms with van der Waals surface area (Å²) in [4.78, 5) is 11.6. The third-order valence-corrected chi connectivity index (χ3v) is 4.09. The fraction of sp³-hybridized carbons (Fsp3) is 0.941. The van der Waals surface area contributed by atoms with Gasteiger partial charge in [0.15, 0.2) is 0 Å². The van der Waals surface area contributed by atoms with E-state index in [2.05, 4.69) is 37.5 Å². The van der Waals surface area contributed by atoms with Crippen LogP contribution >= 0.6 is 25.3 Å². The molecule has 7 heteroatoms. The van der Waals surface area contributed by atoms with Gasteiger partial charge in [-0.3, -0.25) is 4.79 Å². The van der Waals surface area contributed by atoms with Gasteiger partial charge in [-0.1, -0.05) is 13.3 Å². The van der Waals surface area contributed by atoms with Crippen LogP contribution < -0.4 is 5.32 Å². The molecule has 1 atom stereocenters. The molecule has 0 spiro atoms. The highest BCUT2D eigenvalue weighted by atomic mass is 32.1. The number of nitrogens with one attached hydrogen (secondary N) is 1. The molecule has 0 saturated heterocycles. The van der Waals surface area contributed by atoms with E-state index in [0.29, 0.717) is 51.2 Å². The molecule has 0 aromatic carbocycles. The quantitative estimate of drug-likeness (QED) is 0.252. The lowest BCUT2D eigenvalue weighted by Crippen LogP contribution is -2.27. The van der Waals surface area contributed by atoms with Crippen LogP contribution in [0.3, 0.4) is 0 Å². The van der Waals surface area contributed by atoms with Gasteiger partial charge in [-0.2, -0.15) is 25.3 Å². The first-order chi connectivity index (χ1) is 11.7. The Morgan fingerprint density at radius 3 is 2.21 bits per heavy atom. The third-order valence-electron chi connectivity index (χ3n) is 3.31. The number of rotatable bonds is 18. The fourth-order valence-corrected chi connectivity index (χ4v) is 2.82.